The van der Waals surface area contributed by atoms with Gasteiger partial charge in [-0.2, -0.15) is 0 Å². The number of hydrogen-bond acceptors (Lipinski definition) is 6. The van der Waals surface area contributed by atoms with Crippen LogP contribution in [0.5, 0.6) is 0 Å². The van der Waals surface area contributed by atoms with Crippen LogP contribution in [0.1, 0.15) is 29.9 Å². The molecule has 1 saturated heterocycles. The average Bonchev–Trinajstić information content (AvgIpc) is 3.19. The number of rotatable bonds is 8. The van der Waals surface area contributed by atoms with Crippen LogP contribution in [0.2, 0.25) is 0 Å². The summed E-state index contributed by atoms with van der Waals surface area (Å²) in [5.41, 5.74) is 9.04. The Balaban J connectivity index is 1.74. The summed E-state index contributed by atoms with van der Waals surface area (Å²) < 4.78 is 9.50. The SMILES string of the molecule is COC(=O)CC(CC(=O)OC)c1ccc(N2CCN(c3ccc(CN)cc3)C2=O)cc1. The summed E-state index contributed by atoms with van der Waals surface area (Å²) in [6.45, 7) is 1.60. The Bertz CT molecular complexity index is 909. The molecule has 0 spiro atoms. The molecular weight excluding hydrogens is 398 g/mol. The van der Waals surface area contributed by atoms with Gasteiger partial charge in [0, 0.05) is 36.9 Å². The third-order valence-electron chi connectivity index (χ3n) is 5.45. The van der Waals surface area contributed by atoms with Gasteiger partial charge >= 0.3 is 18.0 Å². The Labute approximate surface area is 181 Å². The van der Waals surface area contributed by atoms with Crippen molar-refractivity contribution in [2.24, 2.45) is 5.73 Å². The minimum absolute atomic E-state index is 0.0696. The molecule has 0 atom stereocenters. The molecule has 1 aliphatic heterocycles. The van der Waals surface area contributed by atoms with Gasteiger partial charge in [-0.1, -0.05) is 24.3 Å². The van der Waals surface area contributed by atoms with Crippen LogP contribution in [-0.2, 0) is 25.6 Å². The maximum atomic E-state index is 13.0. The fraction of sp³-hybridized carbons (Fsp3) is 0.348. The van der Waals surface area contributed by atoms with E-state index in [0.29, 0.717) is 19.6 Å². The smallest absolute Gasteiger partial charge is 0.329 e. The molecule has 2 N–H and O–H groups in total. The first-order valence-corrected chi connectivity index (χ1v) is 10.1. The van der Waals surface area contributed by atoms with Crippen molar-refractivity contribution in [2.75, 3.05) is 37.1 Å². The Kier molecular flexibility index (Phi) is 7.25. The number of benzene rings is 2. The van der Waals surface area contributed by atoms with Gasteiger partial charge in [0.25, 0.3) is 0 Å². The molecule has 0 aliphatic carbocycles. The molecule has 1 aliphatic rings. The number of hydrogen-bond donors (Lipinski definition) is 1. The fourth-order valence-electron chi connectivity index (χ4n) is 3.63. The van der Waals surface area contributed by atoms with E-state index in [1.54, 1.807) is 9.80 Å². The standard InChI is InChI=1S/C23H27N3O5/c1-30-21(27)13-18(14-22(28)31-2)17-5-9-20(10-6-17)26-12-11-25(23(26)29)19-7-3-16(15-24)4-8-19/h3-10,18H,11-15,24H2,1-2H3. The van der Waals surface area contributed by atoms with E-state index in [9.17, 15) is 14.4 Å². The van der Waals surface area contributed by atoms with Crippen molar-refractivity contribution in [1.29, 1.82) is 0 Å². The number of urea groups is 1. The van der Waals surface area contributed by atoms with Crippen LogP contribution in [0.4, 0.5) is 16.2 Å². The summed E-state index contributed by atoms with van der Waals surface area (Å²) in [4.78, 5) is 39.9. The van der Waals surface area contributed by atoms with Crippen LogP contribution in [0.15, 0.2) is 48.5 Å². The van der Waals surface area contributed by atoms with E-state index < -0.39 is 11.9 Å². The molecule has 0 saturated carbocycles. The molecule has 3 rings (SSSR count). The van der Waals surface area contributed by atoms with Crippen molar-refractivity contribution in [2.45, 2.75) is 25.3 Å². The number of carbonyl (C=O) groups is 3. The molecule has 8 heteroatoms. The Hall–Kier alpha value is -3.39. The third kappa shape index (κ3) is 5.21. The Morgan fingerprint density at radius 1 is 0.871 bits per heavy atom. The van der Waals surface area contributed by atoms with Crippen LogP contribution < -0.4 is 15.5 Å². The second kappa shape index (κ2) is 10.1. The quantitative estimate of drug-likeness (QED) is 0.653. The van der Waals surface area contributed by atoms with Crippen LogP contribution in [0, 0.1) is 0 Å². The highest BCUT2D eigenvalue weighted by molar-refractivity contribution is 6.06. The molecule has 8 nitrogen and oxygen atoms in total. The fourth-order valence-corrected chi connectivity index (χ4v) is 3.63. The lowest BCUT2D eigenvalue weighted by atomic mass is 9.92. The molecule has 1 fully saturated rings. The topological polar surface area (TPSA) is 102 Å². The van der Waals surface area contributed by atoms with Gasteiger partial charge in [0.2, 0.25) is 0 Å². The lowest BCUT2D eigenvalue weighted by molar-refractivity contribution is -0.143. The maximum absolute atomic E-state index is 13.0. The summed E-state index contributed by atoms with van der Waals surface area (Å²) >= 11 is 0. The van der Waals surface area contributed by atoms with Gasteiger partial charge in [-0.15, -0.1) is 0 Å². The number of nitrogens with two attached hydrogens (primary N) is 1. The van der Waals surface area contributed by atoms with Gasteiger partial charge in [0.15, 0.2) is 0 Å². The van der Waals surface area contributed by atoms with Crippen LogP contribution >= 0.6 is 0 Å². The van der Waals surface area contributed by atoms with E-state index in [2.05, 4.69) is 0 Å². The van der Waals surface area contributed by atoms with E-state index in [1.807, 2.05) is 48.5 Å². The molecule has 0 radical (unpaired) electrons. The van der Waals surface area contributed by atoms with Crippen molar-refractivity contribution in [3.63, 3.8) is 0 Å². The molecule has 2 aromatic rings. The van der Waals surface area contributed by atoms with Gasteiger partial charge in [-0.3, -0.25) is 19.4 Å². The van der Waals surface area contributed by atoms with E-state index in [1.165, 1.54) is 14.2 Å². The van der Waals surface area contributed by atoms with Crippen molar-refractivity contribution >= 4 is 29.3 Å². The summed E-state index contributed by atoms with van der Waals surface area (Å²) in [5, 5.41) is 0. The Morgan fingerprint density at radius 2 is 1.32 bits per heavy atom. The molecular formula is C23H27N3O5. The zero-order chi connectivity index (χ0) is 22.4. The zero-order valence-corrected chi connectivity index (χ0v) is 17.7. The number of methoxy groups -OCH3 is 2. The van der Waals surface area contributed by atoms with Crippen molar-refractivity contribution in [1.82, 2.24) is 0 Å². The van der Waals surface area contributed by atoms with Crippen LogP contribution in [-0.4, -0.2) is 45.3 Å². The number of amides is 2. The summed E-state index contributed by atoms with van der Waals surface area (Å²) in [6, 6.07) is 14.9. The molecule has 2 aromatic carbocycles. The van der Waals surface area contributed by atoms with Gasteiger partial charge in [0.05, 0.1) is 27.1 Å². The largest absolute Gasteiger partial charge is 0.469 e. The lowest BCUT2D eigenvalue weighted by Crippen LogP contribution is -2.31. The highest BCUT2D eigenvalue weighted by Gasteiger charge is 2.31. The van der Waals surface area contributed by atoms with Crippen molar-refractivity contribution < 1.29 is 23.9 Å². The van der Waals surface area contributed by atoms with Crippen LogP contribution in [0.25, 0.3) is 0 Å². The van der Waals surface area contributed by atoms with E-state index in [0.717, 1.165) is 22.5 Å². The molecule has 1 heterocycles. The molecule has 0 aromatic heterocycles. The first kappa shape index (κ1) is 22.3. The second-order valence-corrected chi connectivity index (χ2v) is 7.31. The lowest BCUT2D eigenvalue weighted by Gasteiger charge is -2.20. The number of nitrogens with zero attached hydrogens (tertiary/aromatic N) is 2. The van der Waals surface area contributed by atoms with Gasteiger partial charge < -0.3 is 15.2 Å². The normalized spacial score (nSPS) is 13.6. The average molecular weight is 425 g/mol. The zero-order valence-electron chi connectivity index (χ0n) is 17.7. The molecule has 31 heavy (non-hydrogen) atoms. The molecule has 2 amide bonds. The third-order valence-corrected chi connectivity index (χ3v) is 5.45. The molecule has 0 bridgehead atoms. The minimum atomic E-state index is -0.399. The van der Waals surface area contributed by atoms with Gasteiger partial charge in [-0.05, 0) is 35.4 Å². The highest BCUT2D eigenvalue weighted by Crippen LogP contribution is 2.29. The van der Waals surface area contributed by atoms with E-state index in [4.69, 9.17) is 15.2 Å². The maximum Gasteiger partial charge on any atom is 0.329 e. The second-order valence-electron chi connectivity index (χ2n) is 7.31. The van der Waals surface area contributed by atoms with Crippen molar-refractivity contribution in [3.8, 4) is 0 Å². The first-order chi connectivity index (χ1) is 15.0. The number of ether oxygens (including phenoxy) is 2. The summed E-state index contributed by atoms with van der Waals surface area (Å²) in [6.07, 6.45) is 0.139. The predicted octanol–water partition coefficient (Wildman–Crippen LogP) is 2.80. The Morgan fingerprint density at radius 3 is 1.74 bits per heavy atom. The molecule has 0 unspecified atom stereocenters. The number of carbonyl (C=O) groups excluding carboxylic acids is 3. The van der Waals surface area contributed by atoms with Crippen LogP contribution in [0.3, 0.4) is 0 Å². The monoisotopic (exact) mass is 425 g/mol. The van der Waals surface area contributed by atoms with Crippen molar-refractivity contribution in [3.05, 3.63) is 59.7 Å². The predicted molar refractivity (Wildman–Crippen MR) is 117 cm³/mol. The molecule has 164 valence electrons. The van der Waals surface area contributed by atoms with E-state index >= 15 is 0 Å². The van der Waals surface area contributed by atoms with Gasteiger partial charge in [0.1, 0.15) is 0 Å². The highest BCUT2D eigenvalue weighted by atomic mass is 16.5. The number of anilines is 2. The minimum Gasteiger partial charge on any atom is -0.469 e. The van der Waals surface area contributed by atoms with Gasteiger partial charge in [-0.25, -0.2) is 4.79 Å². The summed E-state index contributed by atoms with van der Waals surface area (Å²) in [7, 11) is 2.63. The first-order valence-electron chi connectivity index (χ1n) is 10.1. The number of esters is 2. The van der Waals surface area contributed by atoms with E-state index in [-0.39, 0.29) is 24.8 Å². The summed E-state index contributed by atoms with van der Waals surface area (Å²) in [5.74, 6) is -1.16.